The van der Waals surface area contributed by atoms with E-state index in [4.69, 9.17) is 0 Å². The average Bonchev–Trinajstić information content (AvgIpc) is 2.38. The zero-order valence-corrected chi connectivity index (χ0v) is 11.0. The van der Waals surface area contributed by atoms with Gasteiger partial charge in [-0.1, -0.05) is 6.92 Å². The summed E-state index contributed by atoms with van der Waals surface area (Å²) in [6.45, 7) is 4.25. The first-order chi connectivity index (χ1) is 8.26. The maximum Gasteiger partial charge on any atom is 0.151 e. The molecule has 1 aromatic heterocycles. The Morgan fingerprint density at radius 1 is 1.41 bits per heavy atom. The zero-order valence-electron chi connectivity index (χ0n) is 10.2. The van der Waals surface area contributed by atoms with Gasteiger partial charge in [-0.2, -0.15) is 5.26 Å². The van der Waals surface area contributed by atoms with Crippen LogP contribution in [0.4, 0.5) is 5.82 Å². The largest absolute Gasteiger partial charge is 0.355 e. The summed E-state index contributed by atoms with van der Waals surface area (Å²) in [5.41, 5.74) is 0.620. The summed E-state index contributed by atoms with van der Waals surface area (Å²) in [7, 11) is 0. The van der Waals surface area contributed by atoms with E-state index in [1.807, 2.05) is 6.26 Å². The monoisotopic (exact) mass is 248 g/mol. The van der Waals surface area contributed by atoms with Gasteiger partial charge in [-0.25, -0.2) is 9.97 Å². The second-order valence-corrected chi connectivity index (χ2v) is 5.16. The Balaban J connectivity index is 2.29. The van der Waals surface area contributed by atoms with Crippen LogP contribution in [0.5, 0.6) is 0 Å². The predicted octanol–water partition coefficient (Wildman–Crippen LogP) is 2.31. The van der Waals surface area contributed by atoms with Crippen LogP contribution < -0.4 is 4.90 Å². The van der Waals surface area contributed by atoms with Crippen LogP contribution >= 0.6 is 11.8 Å². The minimum Gasteiger partial charge on any atom is -0.355 e. The van der Waals surface area contributed by atoms with Gasteiger partial charge in [0.1, 0.15) is 23.0 Å². The molecule has 0 aromatic carbocycles. The van der Waals surface area contributed by atoms with Gasteiger partial charge in [-0.05, 0) is 25.0 Å². The summed E-state index contributed by atoms with van der Waals surface area (Å²) in [4.78, 5) is 10.6. The molecule has 0 N–H and O–H groups in total. The van der Waals surface area contributed by atoms with Gasteiger partial charge in [0.25, 0.3) is 0 Å². The molecule has 0 saturated carbocycles. The third-order valence-electron chi connectivity index (χ3n) is 3.18. The highest BCUT2D eigenvalue weighted by atomic mass is 32.2. The molecule has 0 spiro atoms. The van der Waals surface area contributed by atoms with Crippen molar-refractivity contribution in [2.24, 2.45) is 5.92 Å². The second-order valence-electron chi connectivity index (χ2n) is 4.36. The van der Waals surface area contributed by atoms with Crippen molar-refractivity contribution < 1.29 is 0 Å². The Hall–Kier alpha value is -1.28. The van der Waals surface area contributed by atoms with Gasteiger partial charge < -0.3 is 4.90 Å². The molecule has 0 atom stereocenters. The third-order valence-corrected chi connectivity index (χ3v) is 3.88. The van der Waals surface area contributed by atoms with Crippen LogP contribution in [0.3, 0.4) is 0 Å². The molecule has 1 aliphatic heterocycles. The maximum atomic E-state index is 9.24. The number of hydrogen-bond donors (Lipinski definition) is 0. The maximum absolute atomic E-state index is 9.24. The number of nitrogens with zero attached hydrogens (tertiary/aromatic N) is 4. The molecule has 4 nitrogen and oxygen atoms in total. The molecule has 2 heterocycles. The van der Waals surface area contributed by atoms with Gasteiger partial charge in [0.15, 0.2) is 5.82 Å². The lowest BCUT2D eigenvalue weighted by molar-refractivity contribution is 0.436. The van der Waals surface area contributed by atoms with Crippen molar-refractivity contribution in [2.45, 2.75) is 24.8 Å². The van der Waals surface area contributed by atoms with Crippen LogP contribution in [0.25, 0.3) is 0 Å². The summed E-state index contributed by atoms with van der Waals surface area (Å²) in [5, 5.41) is 10.0. The quantitative estimate of drug-likeness (QED) is 0.594. The van der Waals surface area contributed by atoms with Crippen LogP contribution in [-0.2, 0) is 0 Å². The molecule has 0 radical (unpaired) electrons. The van der Waals surface area contributed by atoms with Crippen LogP contribution in [0.15, 0.2) is 11.4 Å². The normalized spacial score (nSPS) is 16.9. The highest BCUT2D eigenvalue weighted by molar-refractivity contribution is 7.98. The standard InChI is InChI=1S/C12H16N4S/c1-9-3-5-16(6-4-9)11-10(7-13)12(17-2)15-8-14-11/h8-9H,3-6H2,1-2H3. The Morgan fingerprint density at radius 2 is 2.12 bits per heavy atom. The summed E-state index contributed by atoms with van der Waals surface area (Å²) >= 11 is 1.50. The molecule has 0 amide bonds. The van der Waals surface area contributed by atoms with Crippen molar-refractivity contribution >= 4 is 17.6 Å². The van der Waals surface area contributed by atoms with Gasteiger partial charge in [0.05, 0.1) is 0 Å². The number of nitriles is 1. The number of rotatable bonds is 2. The molecule has 0 bridgehead atoms. The van der Waals surface area contributed by atoms with Crippen molar-refractivity contribution in [3.05, 3.63) is 11.9 Å². The highest BCUT2D eigenvalue weighted by Gasteiger charge is 2.21. The zero-order chi connectivity index (χ0) is 12.3. The van der Waals surface area contributed by atoms with Gasteiger partial charge in [-0.15, -0.1) is 11.8 Å². The topological polar surface area (TPSA) is 52.8 Å². The fourth-order valence-corrected chi connectivity index (χ4v) is 2.57. The van der Waals surface area contributed by atoms with Gasteiger partial charge >= 0.3 is 0 Å². The molecule has 0 aliphatic carbocycles. The van der Waals surface area contributed by atoms with Crippen LogP contribution in [0, 0.1) is 17.2 Å². The van der Waals surface area contributed by atoms with Crippen molar-refractivity contribution in [3.8, 4) is 6.07 Å². The molecule has 90 valence electrons. The summed E-state index contributed by atoms with van der Waals surface area (Å²) < 4.78 is 0. The van der Waals surface area contributed by atoms with Crippen molar-refractivity contribution in [1.82, 2.24) is 9.97 Å². The van der Waals surface area contributed by atoms with Crippen molar-refractivity contribution in [3.63, 3.8) is 0 Å². The number of thioether (sulfide) groups is 1. The summed E-state index contributed by atoms with van der Waals surface area (Å²) in [6, 6.07) is 2.24. The van der Waals surface area contributed by atoms with Gasteiger partial charge in [0, 0.05) is 13.1 Å². The van der Waals surface area contributed by atoms with E-state index in [1.54, 1.807) is 6.33 Å². The first-order valence-electron chi connectivity index (χ1n) is 5.80. The lowest BCUT2D eigenvalue weighted by Gasteiger charge is -2.31. The lowest BCUT2D eigenvalue weighted by Crippen LogP contribution is -2.34. The Bertz CT molecular complexity index is 433. The minimum absolute atomic E-state index is 0.620. The van der Waals surface area contributed by atoms with E-state index in [0.717, 1.165) is 29.9 Å². The van der Waals surface area contributed by atoms with E-state index in [1.165, 1.54) is 24.6 Å². The second kappa shape index (κ2) is 5.37. The molecule has 1 aromatic rings. The van der Waals surface area contributed by atoms with E-state index < -0.39 is 0 Å². The lowest BCUT2D eigenvalue weighted by atomic mass is 9.99. The molecule has 17 heavy (non-hydrogen) atoms. The first kappa shape index (κ1) is 12.2. The molecule has 1 fully saturated rings. The molecule has 0 unspecified atom stereocenters. The molecule has 1 aliphatic rings. The Labute approximate surface area is 106 Å². The number of aromatic nitrogens is 2. The van der Waals surface area contributed by atoms with E-state index >= 15 is 0 Å². The Kier molecular flexibility index (Phi) is 3.85. The Morgan fingerprint density at radius 3 is 2.71 bits per heavy atom. The highest BCUT2D eigenvalue weighted by Crippen LogP contribution is 2.28. The van der Waals surface area contributed by atoms with Crippen LogP contribution in [0.2, 0.25) is 0 Å². The fourth-order valence-electron chi connectivity index (χ4n) is 2.07. The number of hydrogen-bond acceptors (Lipinski definition) is 5. The molecule has 1 saturated heterocycles. The molecular formula is C12H16N4S. The van der Waals surface area contributed by atoms with E-state index in [-0.39, 0.29) is 0 Å². The fraction of sp³-hybridized carbons (Fsp3) is 0.583. The predicted molar refractivity (Wildman–Crippen MR) is 69.1 cm³/mol. The number of piperidine rings is 1. The van der Waals surface area contributed by atoms with E-state index in [9.17, 15) is 5.26 Å². The van der Waals surface area contributed by atoms with E-state index in [2.05, 4.69) is 27.9 Å². The molecule has 2 rings (SSSR count). The molecular weight excluding hydrogens is 232 g/mol. The summed E-state index contributed by atoms with van der Waals surface area (Å²) in [6.07, 6.45) is 5.83. The van der Waals surface area contributed by atoms with Crippen molar-refractivity contribution in [1.29, 1.82) is 5.26 Å². The molecule has 5 heteroatoms. The first-order valence-corrected chi connectivity index (χ1v) is 7.02. The number of anilines is 1. The van der Waals surface area contributed by atoms with Gasteiger partial charge in [0.2, 0.25) is 0 Å². The summed E-state index contributed by atoms with van der Waals surface area (Å²) in [5.74, 6) is 1.58. The smallest absolute Gasteiger partial charge is 0.151 e. The van der Waals surface area contributed by atoms with Gasteiger partial charge in [-0.3, -0.25) is 0 Å². The van der Waals surface area contributed by atoms with Crippen LogP contribution in [0.1, 0.15) is 25.3 Å². The van der Waals surface area contributed by atoms with Crippen LogP contribution in [-0.4, -0.2) is 29.3 Å². The average molecular weight is 248 g/mol. The SMILES string of the molecule is CSc1ncnc(N2CCC(C)CC2)c1C#N. The third kappa shape index (κ3) is 2.52. The van der Waals surface area contributed by atoms with Crippen molar-refractivity contribution in [2.75, 3.05) is 24.2 Å². The van der Waals surface area contributed by atoms with E-state index in [0.29, 0.717) is 5.56 Å². The minimum atomic E-state index is 0.620.